The molecule has 0 bridgehead atoms. The zero-order chi connectivity index (χ0) is 15.0. The van der Waals surface area contributed by atoms with Gasteiger partial charge in [-0.05, 0) is 50.4 Å². The van der Waals surface area contributed by atoms with E-state index in [1.165, 1.54) is 31.8 Å². The largest absolute Gasteiger partial charge is 0.315 e. The Bertz CT molecular complexity index is 783. The van der Waals surface area contributed by atoms with Crippen molar-refractivity contribution in [1.82, 2.24) is 15.1 Å². The van der Waals surface area contributed by atoms with E-state index in [1.807, 2.05) is 18.4 Å². The second kappa shape index (κ2) is 5.62. The zero-order valence-corrected chi connectivity index (χ0v) is 13.8. The molecule has 0 saturated carbocycles. The SMILES string of the molecule is CNCc1sc2ccccc2c1Cn1nc(C)c(C)c1C. The van der Waals surface area contributed by atoms with E-state index in [9.17, 15) is 0 Å². The van der Waals surface area contributed by atoms with Gasteiger partial charge < -0.3 is 5.32 Å². The molecule has 0 aliphatic rings. The summed E-state index contributed by atoms with van der Waals surface area (Å²) in [4.78, 5) is 1.41. The maximum absolute atomic E-state index is 4.69. The predicted octanol–water partition coefficient (Wildman–Crippen LogP) is 3.79. The van der Waals surface area contributed by atoms with Gasteiger partial charge in [-0.3, -0.25) is 4.68 Å². The summed E-state index contributed by atoms with van der Waals surface area (Å²) in [6.07, 6.45) is 0. The summed E-state index contributed by atoms with van der Waals surface area (Å²) in [5.41, 5.74) is 5.08. The maximum atomic E-state index is 4.69. The Morgan fingerprint density at radius 3 is 2.62 bits per heavy atom. The van der Waals surface area contributed by atoms with Crippen molar-refractivity contribution in [2.45, 2.75) is 33.9 Å². The van der Waals surface area contributed by atoms with E-state index < -0.39 is 0 Å². The molecule has 1 aromatic carbocycles. The molecule has 0 spiro atoms. The van der Waals surface area contributed by atoms with E-state index in [2.05, 4.69) is 55.0 Å². The number of hydrogen-bond donors (Lipinski definition) is 1. The van der Waals surface area contributed by atoms with Crippen LogP contribution in [0.2, 0.25) is 0 Å². The Morgan fingerprint density at radius 2 is 1.95 bits per heavy atom. The number of hydrogen-bond acceptors (Lipinski definition) is 3. The van der Waals surface area contributed by atoms with Gasteiger partial charge in [-0.1, -0.05) is 18.2 Å². The summed E-state index contributed by atoms with van der Waals surface area (Å²) in [6, 6.07) is 8.65. The molecule has 0 saturated heterocycles. The van der Waals surface area contributed by atoms with Crippen LogP contribution in [0.15, 0.2) is 24.3 Å². The second-order valence-electron chi connectivity index (χ2n) is 5.48. The topological polar surface area (TPSA) is 29.9 Å². The lowest BCUT2D eigenvalue weighted by molar-refractivity contribution is 0.656. The van der Waals surface area contributed by atoms with E-state index in [1.54, 1.807) is 0 Å². The summed E-state index contributed by atoms with van der Waals surface area (Å²) in [6.45, 7) is 8.14. The number of aromatic nitrogens is 2. The summed E-state index contributed by atoms with van der Waals surface area (Å²) < 4.78 is 3.49. The van der Waals surface area contributed by atoms with Gasteiger partial charge in [-0.25, -0.2) is 0 Å². The van der Waals surface area contributed by atoms with E-state index >= 15 is 0 Å². The first kappa shape index (κ1) is 14.3. The second-order valence-corrected chi connectivity index (χ2v) is 6.62. The van der Waals surface area contributed by atoms with Gasteiger partial charge in [-0.2, -0.15) is 5.10 Å². The lowest BCUT2D eigenvalue weighted by Gasteiger charge is -2.07. The van der Waals surface area contributed by atoms with Crippen molar-refractivity contribution in [3.05, 3.63) is 51.7 Å². The van der Waals surface area contributed by atoms with Crippen molar-refractivity contribution in [2.24, 2.45) is 0 Å². The predicted molar refractivity (Wildman–Crippen MR) is 90.1 cm³/mol. The van der Waals surface area contributed by atoms with Gasteiger partial charge in [-0.15, -0.1) is 11.3 Å². The Kier molecular flexibility index (Phi) is 3.83. The van der Waals surface area contributed by atoms with Crippen LogP contribution in [-0.4, -0.2) is 16.8 Å². The highest BCUT2D eigenvalue weighted by atomic mass is 32.1. The van der Waals surface area contributed by atoms with Gasteiger partial charge in [0.2, 0.25) is 0 Å². The number of benzene rings is 1. The van der Waals surface area contributed by atoms with Crippen molar-refractivity contribution in [1.29, 1.82) is 0 Å². The molecule has 3 aromatic rings. The lowest BCUT2D eigenvalue weighted by Crippen LogP contribution is -2.09. The minimum atomic E-state index is 0.849. The molecule has 2 aromatic heterocycles. The molecule has 3 nitrogen and oxygen atoms in total. The molecule has 110 valence electrons. The van der Waals surface area contributed by atoms with Gasteiger partial charge in [0, 0.05) is 21.8 Å². The molecule has 0 radical (unpaired) electrons. The van der Waals surface area contributed by atoms with Crippen molar-refractivity contribution in [3.8, 4) is 0 Å². The average molecular weight is 299 g/mol. The normalized spacial score (nSPS) is 11.4. The number of nitrogens with one attached hydrogen (secondary N) is 1. The monoisotopic (exact) mass is 299 g/mol. The summed E-state index contributed by atoms with van der Waals surface area (Å²) >= 11 is 1.88. The molecular formula is C17H21N3S. The van der Waals surface area contributed by atoms with Crippen LogP contribution in [0.5, 0.6) is 0 Å². The summed E-state index contributed by atoms with van der Waals surface area (Å²) in [5, 5.41) is 9.34. The number of rotatable bonds is 4. The Balaban J connectivity index is 2.10. The third-order valence-electron chi connectivity index (χ3n) is 4.17. The van der Waals surface area contributed by atoms with Crippen LogP contribution < -0.4 is 5.32 Å². The number of fused-ring (bicyclic) bond motifs is 1. The zero-order valence-electron chi connectivity index (χ0n) is 13.0. The van der Waals surface area contributed by atoms with Gasteiger partial charge in [0.25, 0.3) is 0 Å². The summed E-state index contributed by atoms with van der Waals surface area (Å²) in [7, 11) is 2.00. The fraction of sp³-hybridized carbons (Fsp3) is 0.353. The first-order valence-electron chi connectivity index (χ1n) is 7.26. The minimum Gasteiger partial charge on any atom is -0.315 e. The average Bonchev–Trinajstić information content (AvgIpc) is 2.94. The van der Waals surface area contributed by atoms with Crippen LogP contribution in [0.3, 0.4) is 0 Å². The fourth-order valence-electron chi connectivity index (χ4n) is 2.72. The van der Waals surface area contributed by atoms with Gasteiger partial charge in [0.05, 0.1) is 12.2 Å². The van der Waals surface area contributed by atoms with Gasteiger partial charge in [0.1, 0.15) is 0 Å². The van der Waals surface area contributed by atoms with E-state index in [4.69, 9.17) is 5.10 Å². The number of thiophene rings is 1. The van der Waals surface area contributed by atoms with E-state index in [-0.39, 0.29) is 0 Å². The van der Waals surface area contributed by atoms with Crippen LogP contribution in [-0.2, 0) is 13.1 Å². The first-order valence-corrected chi connectivity index (χ1v) is 8.08. The van der Waals surface area contributed by atoms with Crippen molar-refractivity contribution >= 4 is 21.4 Å². The molecule has 0 atom stereocenters. The quantitative estimate of drug-likeness (QED) is 0.794. The molecule has 0 aliphatic heterocycles. The highest BCUT2D eigenvalue weighted by molar-refractivity contribution is 7.19. The Hall–Kier alpha value is -1.65. The lowest BCUT2D eigenvalue weighted by atomic mass is 10.1. The molecule has 0 unspecified atom stereocenters. The van der Waals surface area contributed by atoms with E-state index in [0.717, 1.165) is 18.8 Å². The van der Waals surface area contributed by atoms with E-state index in [0.29, 0.717) is 0 Å². The molecule has 4 heteroatoms. The molecule has 1 N–H and O–H groups in total. The van der Waals surface area contributed by atoms with Crippen LogP contribution in [0.4, 0.5) is 0 Å². The Labute approximate surface area is 129 Å². The third-order valence-corrected chi connectivity index (χ3v) is 5.38. The summed E-state index contributed by atoms with van der Waals surface area (Å²) in [5.74, 6) is 0. The first-order chi connectivity index (χ1) is 10.1. The van der Waals surface area contributed by atoms with Gasteiger partial charge >= 0.3 is 0 Å². The van der Waals surface area contributed by atoms with Crippen molar-refractivity contribution in [3.63, 3.8) is 0 Å². The van der Waals surface area contributed by atoms with Crippen LogP contribution in [0.25, 0.3) is 10.1 Å². The van der Waals surface area contributed by atoms with Gasteiger partial charge in [0.15, 0.2) is 0 Å². The number of nitrogens with zero attached hydrogens (tertiary/aromatic N) is 2. The molecule has 0 aliphatic carbocycles. The van der Waals surface area contributed by atoms with Crippen LogP contribution in [0.1, 0.15) is 27.4 Å². The minimum absolute atomic E-state index is 0.849. The molecule has 21 heavy (non-hydrogen) atoms. The third kappa shape index (κ3) is 2.49. The molecular weight excluding hydrogens is 278 g/mol. The highest BCUT2D eigenvalue weighted by Gasteiger charge is 2.14. The molecule has 2 heterocycles. The van der Waals surface area contributed by atoms with Crippen molar-refractivity contribution in [2.75, 3.05) is 7.05 Å². The smallest absolute Gasteiger partial charge is 0.0680 e. The molecule has 3 rings (SSSR count). The standard InChI is InChI=1S/C17H21N3S/c1-11-12(2)19-20(13(11)3)10-15-14-7-5-6-8-16(14)21-17(15)9-18-4/h5-8,18H,9-10H2,1-4H3. The molecule has 0 fully saturated rings. The number of aryl methyl sites for hydroxylation is 1. The fourth-order valence-corrected chi connectivity index (χ4v) is 3.94. The molecule has 0 amide bonds. The van der Waals surface area contributed by atoms with Crippen molar-refractivity contribution < 1.29 is 0 Å². The van der Waals surface area contributed by atoms with Crippen LogP contribution in [0, 0.1) is 20.8 Å². The maximum Gasteiger partial charge on any atom is 0.0680 e. The van der Waals surface area contributed by atoms with Crippen LogP contribution >= 0.6 is 11.3 Å². The highest BCUT2D eigenvalue weighted by Crippen LogP contribution is 2.32. The Morgan fingerprint density at radius 1 is 1.19 bits per heavy atom.